The van der Waals surface area contributed by atoms with Crippen molar-refractivity contribution in [1.82, 2.24) is 19.4 Å². The number of likely N-dealkylation sites (N-methyl/N-ethyl adjacent to an activating group) is 1. The summed E-state index contributed by atoms with van der Waals surface area (Å²) in [6.45, 7) is 4.14. The molecule has 0 spiro atoms. The molecule has 0 radical (unpaired) electrons. The molecule has 2 heterocycles. The highest BCUT2D eigenvalue weighted by Crippen LogP contribution is 2.30. The molecule has 128 valence electrons. The Labute approximate surface area is 143 Å². The number of hydrogen-bond acceptors (Lipinski definition) is 3. The minimum absolute atomic E-state index is 0.164. The zero-order chi connectivity index (χ0) is 17.1. The van der Waals surface area contributed by atoms with E-state index in [4.69, 9.17) is 0 Å². The zero-order valence-electron chi connectivity index (χ0n) is 14.8. The zero-order valence-corrected chi connectivity index (χ0v) is 14.8. The van der Waals surface area contributed by atoms with Crippen molar-refractivity contribution in [3.05, 3.63) is 53.6 Å². The number of rotatable bonds is 5. The van der Waals surface area contributed by atoms with Crippen molar-refractivity contribution in [1.29, 1.82) is 0 Å². The van der Waals surface area contributed by atoms with E-state index in [0.29, 0.717) is 13.1 Å². The van der Waals surface area contributed by atoms with Gasteiger partial charge in [0.1, 0.15) is 5.82 Å². The molecule has 1 aliphatic rings. The van der Waals surface area contributed by atoms with E-state index < -0.39 is 0 Å². The minimum atomic E-state index is 0.164. The maximum atomic E-state index is 12.6. The number of hydrogen-bond donors (Lipinski definition) is 0. The predicted octanol–water partition coefficient (Wildman–Crippen LogP) is 2.52. The van der Waals surface area contributed by atoms with Gasteiger partial charge in [0.05, 0.1) is 12.6 Å². The van der Waals surface area contributed by atoms with Gasteiger partial charge in [0.25, 0.3) is 0 Å². The normalized spacial score (nSPS) is 18.0. The molecule has 1 aromatic carbocycles. The van der Waals surface area contributed by atoms with E-state index in [1.54, 1.807) is 0 Å². The molecule has 24 heavy (non-hydrogen) atoms. The summed E-state index contributed by atoms with van der Waals surface area (Å²) < 4.78 is 2.06. The van der Waals surface area contributed by atoms with Crippen LogP contribution < -0.4 is 0 Å². The molecule has 0 aliphatic carbocycles. The Morgan fingerprint density at radius 3 is 2.75 bits per heavy atom. The van der Waals surface area contributed by atoms with E-state index in [2.05, 4.69) is 45.6 Å². The van der Waals surface area contributed by atoms with E-state index in [1.807, 2.05) is 31.4 Å². The van der Waals surface area contributed by atoms with Crippen LogP contribution in [-0.2, 0) is 18.4 Å². The SMILES string of the molecule is Cc1ccc(CN(C)C(=O)CN2CCCC2c2nccn2C)cc1. The Hall–Kier alpha value is -2.14. The number of carbonyl (C=O) groups is 1. The summed E-state index contributed by atoms with van der Waals surface area (Å²) in [6, 6.07) is 8.61. The van der Waals surface area contributed by atoms with Crippen LogP contribution >= 0.6 is 0 Å². The van der Waals surface area contributed by atoms with Crippen molar-refractivity contribution < 1.29 is 4.79 Å². The van der Waals surface area contributed by atoms with Crippen LogP contribution in [0.1, 0.15) is 35.8 Å². The third-order valence-electron chi connectivity index (χ3n) is 4.82. The third-order valence-corrected chi connectivity index (χ3v) is 4.82. The lowest BCUT2D eigenvalue weighted by atomic mass is 10.1. The largest absolute Gasteiger partial charge is 0.340 e. The number of imidazole rings is 1. The van der Waals surface area contributed by atoms with Crippen LogP contribution in [0.25, 0.3) is 0 Å². The van der Waals surface area contributed by atoms with E-state index in [-0.39, 0.29) is 11.9 Å². The molecule has 0 bridgehead atoms. The second-order valence-corrected chi connectivity index (χ2v) is 6.76. The van der Waals surface area contributed by atoms with Gasteiger partial charge in [0.2, 0.25) is 5.91 Å². The Kier molecular flexibility index (Phi) is 5.00. The fourth-order valence-corrected chi connectivity index (χ4v) is 3.36. The van der Waals surface area contributed by atoms with Crippen LogP contribution in [0.2, 0.25) is 0 Å². The summed E-state index contributed by atoms with van der Waals surface area (Å²) in [7, 11) is 3.90. The summed E-state index contributed by atoms with van der Waals surface area (Å²) in [6.07, 6.45) is 5.99. The molecule has 1 aliphatic heterocycles. The van der Waals surface area contributed by atoms with Gasteiger partial charge in [-0.15, -0.1) is 0 Å². The van der Waals surface area contributed by atoms with Crippen molar-refractivity contribution >= 4 is 5.91 Å². The molecule has 1 unspecified atom stereocenters. The van der Waals surface area contributed by atoms with Crippen molar-refractivity contribution in [3.8, 4) is 0 Å². The molecule has 1 atom stereocenters. The smallest absolute Gasteiger partial charge is 0.236 e. The fraction of sp³-hybridized carbons (Fsp3) is 0.474. The molecule has 1 aromatic heterocycles. The van der Waals surface area contributed by atoms with Crippen molar-refractivity contribution in [2.45, 2.75) is 32.4 Å². The second-order valence-electron chi connectivity index (χ2n) is 6.76. The molecular weight excluding hydrogens is 300 g/mol. The molecule has 5 nitrogen and oxygen atoms in total. The summed E-state index contributed by atoms with van der Waals surface area (Å²) in [5.41, 5.74) is 2.40. The molecule has 1 saturated heterocycles. The van der Waals surface area contributed by atoms with Gasteiger partial charge in [-0.05, 0) is 31.9 Å². The molecule has 3 rings (SSSR count). The maximum absolute atomic E-state index is 12.6. The van der Waals surface area contributed by atoms with Crippen molar-refractivity contribution in [3.63, 3.8) is 0 Å². The third kappa shape index (κ3) is 3.67. The van der Waals surface area contributed by atoms with Crippen LogP contribution in [-0.4, -0.2) is 45.4 Å². The first-order valence-electron chi connectivity index (χ1n) is 8.55. The topological polar surface area (TPSA) is 41.4 Å². The highest BCUT2D eigenvalue weighted by atomic mass is 16.2. The van der Waals surface area contributed by atoms with Crippen LogP contribution in [0.15, 0.2) is 36.7 Å². The lowest BCUT2D eigenvalue weighted by molar-refractivity contribution is -0.131. The van der Waals surface area contributed by atoms with E-state index in [0.717, 1.165) is 25.2 Å². The van der Waals surface area contributed by atoms with Crippen LogP contribution in [0.3, 0.4) is 0 Å². The Balaban J connectivity index is 1.61. The number of likely N-dealkylation sites (tertiary alicyclic amines) is 1. The minimum Gasteiger partial charge on any atom is -0.340 e. The number of aromatic nitrogens is 2. The average Bonchev–Trinajstić information content (AvgIpc) is 3.18. The second kappa shape index (κ2) is 7.18. The van der Waals surface area contributed by atoms with Crippen LogP contribution in [0.5, 0.6) is 0 Å². The standard InChI is InChI=1S/C19H26N4O/c1-15-6-8-16(9-7-15)13-22(3)18(24)14-23-11-4-5-17(23)19-20-10-12-21(19)2/h6-10,12,17H,4-5,11,13-14H2,1-3H3. The van der Waals surface area contributed by atoms with Gasteiger partial charge in [-0.2, -0.15) is 0 Å². The number of aryl methyl sites for hydroxylation is 2. The lowest BCUT2D eigenvalue weighted by Gasteiger charge is -2.26. The molecule has 5 heteroatoms. The van der Waals surface area contributed by atoms with Crippen molar-refractivity contribution in [2.24, 2.45) is 7.05 Å². The number of carbonyl (C=O) groups excluding carboxylic acids is 1. The average molecular weight is 326 g/mol. The Bertz CT molecular complexity index is 692. The monoisotopic (exact) mass is 326 g/mol. The lowest BCUT2D eigenvalue weighted by Crippen LogP contribution is -2.38. The van der Waals surface area contributed by atoms with Crippen LogP contribution in [0, 0.1) is 6.92 Å². The summed E-state index contributed by atoms with van der Waals surface area (Å²) in [4.78, 5) is 21.2. The van der Waals surface area contributed by atoms with Gasteiger partial charge in [-0.1, -0.05) is 29.8 Å². The molecule has 1 amide bonds. The molecule has 0 saturated carbocycles. The van der Waals surface area contributed by atoms with E-state index >= 15 is 0 Å². The van der Waals surface area contributed by atoms with Gasteiger partial charge in [-0.25, -0.2) is 4.98 Å². The summed E-state index contributed by atoms with van der Waals surface area (Å²) in [5, 5.41) is 0. The number of nitrogens with zero attached hydrogens (tertiary/aromatic N) is 4. The van der Waals surface area contributed by atoms with Gasteiger partial charge >= 0.3 is 0 Å². The maximum Gasteiger partial charge on any atom is 0.236 e. The van der Waals surface area contributed by atoms with Crippen molar-refractivity contribution in [2.75, 3.05) is 20.1 Å². The highest BCUT2D eigenvalue weighted by molar-refractivity contribution is 5.78. The van der Waals surface area contributed by atoms with Crippen LogP contribution in [0.4, 0.5) is 0 Å². The first-order valence-corrected chi connectivity index (χ1v) is 8.55. The predicted molar refractivity (Wildman–Crippen MR) is 94.4 cm³/mol. The molecule has 1 fully saturated rings. The number of amides is 1. The van der Waals surface area contributed by atoms with Gasteiger partial charge in [0.15, 0.2) is 0 Å². The van der Waals surface area contributed by atoms with E-state index in [1.165, 1.54) is 11.1 Å². The first kappa shape index (κ1) is 16.7. The summed E-state index contributed by atoms with van der Waals surface area (Å²) in [5.74, 6) is 1.22. The van der Waals surface area contributed by atoms with Gasteiger partial charge in [0, 0.05) is 33.0 Å². The Morgan fingerprint density at radius 1 is 1.33 bits per heavy atom. The van der Waals surface area contributed by atoms with E-state index in [9.17, 15) is 4.79 Å². The highest BCUT2D eigenvalue weighted by Gasteiger charge is 2.30. The first-order chi connectivity index (χ1) is 11.5. The number of benzene rings is 1. The van der Waals surface area contributed by atoms with Gasteiger partial charge < -0.3 is 9.47 Å². The molecule has 0 N–H and O–H groups in total. The molecule has 2 aromatic rings. The summed E-state index contributed by atoms with van der Waals surface area (Å²) >= 11 is 0. The quantitative estimate of drug-likeness (QED) is 0.848. The fourth-order valence-electron chi connectivity index (χ4n) is 3.36. The Morgan fingerprint density at radius 2 is 2.08 bits per heavy atom. The molecular formula is C19H26N4O. The van der Waals surface area contributed by atoms with Gasteiger partial charge in [-0.3, -0.25) is 9.69 Å².